The minimum Gasteiger partial charge on any atom is -0.368 e. The van der Waals surface area contributed by atoms with Crippen molar-refractivity contribution in [3.63, 3.8) is 0 Å². The zero-order valence-corrected chi connectivity index (χ0v) is 18.8. The van der Waals surface area contributed by atoms with Crippen LogP contribution in [0.25, 0.3) is 28.2 Å². The lowest BCUT2D eigenvalue weighted by molar-refractivity contribution is 0.419. The molecule has 0 fully saturated rings. The molecule has 0 radical (unpaired) electrons. The highest BCUT2D eigenvalue weighted by Crippen LogP contribution is 2.33. The van der Waals surface area contributed by atoms with Crippen LogP contribution in [0.3, 0.4) is 0 Å². The van der Waals surface area contributed by atoms with Gasteiger partial charge in [0.25, 0.3) is 0 Å². The number of hydrogen-bond acceptors (Lipinski definition) is 11. The molecule has 4 heterocycles. The molecule has 5 aromatic rings. The third kappa shape index (κ3) is 4.11. The maximum absolute atomic E-state index is 9.37. The van der Waals surface area contributed by atoms with Crippen LogP contribution < -0.4 is 17.4 Å². The molecule has 0 amide bonds. The van der Waals surface area contributed by atoms with Crippen molar-refractivity contribution in [2.75, 3.05) is 5.73 Å². The van der Waals surface area contributed by atoms with E-state index in [2.05, 4.69) is 36.2 Å². The Morgan fingerprint density at radius 1 is 1.08 bits per heavy atom. The number of rotatable bonds is 5. The minimum atomic E-state index is 0.0518. The highest BCUT2D eigenvalue weighted by atomic mass is 15.5. The summed E-state index contributed by atoms with van der Waals surface area (Å²) in [7, 11) is 0. The van der Waals surface area contributed by atoms with Crippen LogP contribution in [0.5, 0.6) is 0 Å². The second-order valence-corrected chi connectivity index (χ2v) is 7.54. The molecule has 0 aliphatic heterocycles. The zero-order chi connectivity index (χ0) is 25.1. The average Bonchev–Trinajstić information content (AvgIpc) is 3.34. The topological polar surface area (TPSA) is 199 Å². The molecule has 0 atom stereocenters. The highest BCUT2D eigenvalue weighted by Gasteiger charge is 2.22. The molecule has 0 aliphatic carbocycles. The molecule has 5 rings (SSSR count). The Morgan fingerprint density at radius 3 is 2.69 bits per heavy atom. The Hall–Kier alpha value is -5.48. The van der Waals surface area contributed by atoms with E-state index in [1.165, 1.54) is 15.9 Å². The fraction of sp³-hybridized carbons (Fsp3) is 0.0435. The summed E-state index contributed by atoms with van der Waals surface area (Å²) in [5.74, 6) is 12.5. The van der Waals surface area contributed by atoms with Gasteiger partial charge in [0.15, 0.2) is 17.3 Å². The number of nitrogens with zero attached hydrogens (tertiary/aromatic N) is 10. The van der Waals surface area contributed by atoms with E-state index >= 15 is 0 Å². The van der Waals surface area contributed by atoms with E-state index in [-0.39, 0.29) is 18.3 Å². The summed E-state index contributed by atoms with van der Waals surface area (Å²) in [6, 6.07) is 16.2. The number of anilines is 1. The summed E-state index contributed by atoms with van der Waals surface area (Å²) in [6.07, 6.45) is 4.65. The lowest BCUT2D eigenvalue weighted by atomic mass is 10.0. The zero-order valence-electron chi connectivity index (χ0n) is 18.8. The number of benzene rings is 1. The number of hydrazone groups is 1. The summed E-state index contributed by atoms with van der Waals surface area (Å²) >= 11 is 0. The first-order valence-electron chi connectivity index (χ1n) is 10.6. The van der Waals surface area contributed by atoms with Crippen LogP contribution in [0.1, 0.15) is 17.1 Å². The summed E-state index contributed by atoms with van der Waals surface area (Å²) < 4.78 is 1.41. The van der Waals surface area contributed by atoms with Crippen molar-refractivity contribution >= 4 is 17.4 Å². The molecule has 176 valence electrons. The van der Waals surface area contributed by atoms with Gasteiger partial charge in [-0.1, -0.05) is 18.2 Å². The summed E-state index contributed by atoms with van der Waals surface area (Å²) in [6.45, 7) is 0.0518. The maximum atomic E-state index is 9.37. The van der Waals surface area contributed by atoms with E-state index in [4.69, 9.17) is 22.4 Å². The Kier molecular flexibility index (Phi) is 5.83. The molecule has 6 N–H and O–H groups in total. The second kappa shape index (κ2) is 9.41. The summed E-state index contributed by atoms with van der Waals surface area (Å²) in [5.41, 5.74) is 9.97. The molecular formula is C23H19N13. The Balaban J connectivity index is 1.64. The van der Waals surface area contributed by atoms with E-state index < -0.39 is 0 Å². The minimum absolute atomic E-state index is 0.0518. The van der Waals surface area contributed by atoms with Crippen LogP contribution in [0.4, 0.5) is 5.95 Å². The number of amidine groups is 1. The van der Waals surface area contributed by atoms with E-state index in [9.17, 15) is 5.26 Å². The van der Waals surface area contributed by atoms with Crippen molar-refractivity contribution in [3.8, 4) is 28.6 Å². The van der Waals surface area contributed by atoms with Gasteiger partial charge in [-0.05, 0) is 30.3 Å². The van der Waals surface area contributed by atoms with Crippen LogP contribution in [0.2, 0.25) is 0 Å². The third-order valence-electron chi connectivity index (χ3n) is 5.26. The van der Waals surface area contributed by atoms with Crippen molar-refractivity contribution in [1.29, 1.82) is 5.26 Å². The highest BCUT2D eigenvalue weighted by molar-refractivity contribution is 5.96. The summed E-state index contributed by atoms with van der Waals surface area (Å²) in [4.78, 5) is 21.9. The van der Waals surface area contributed by atoms with Gasteiger partial charge in [0.2, 0.25) is 5.95 Å². The van der Waals surface area contributed by atoms with E-state index in [0.29, 0.717) is 45.2 Å². The molecule has 4 aromatic heterocycles. The number of nitrogen functional groups attached to an aromatic ring is 1. The number of nitrogens with two attached hydrogens (primary N) is 3. The molecular weight excluding hydrogens is 458 g/mol. The van der Waals surface area contributed by atoms with E-state index in [1.54, 1.807) is 54.9 Å². The molecule has 0 saturated heterocycles. The smallest absolute Gasteiger partial charge is 0.223 e. The fourth-order valence-electron chi connectivity index (χ4n) is 3.70. The van der Waals surface area contributed by atoms with Crippen molar-refractivity contribution in [3.05, 3.63) is 84.3 Å². The largest absolute Gasteiger partial charge is 0.368 e. The monoisotopic (exact) mass is 477 g/mol. The van der Waals surface area contributed by atoms with Gasteiger partial charge in [-0.3, -0.25) is 9.99 Å². The Labute approximate surface area is 204 Å². The normalized spacial score (nSPS) is 11.4. The number of aromatic nitrogens is 7. The van der Waals surface area contributed by atoms with E-state index in [1.807, 2.05) is 6.07 Å². The Bertz CT molecular complexity index is 1600. The lowest BCUT2D eigenvalue weighted by Crippen LogP contribution is -2.39. The Morgan fingerprint density at radius 2 is 1.97 bits per heavy atom. The number of nitriles is 1. The predicted molar refractivity (Wildman–Crippen MR) is 131 cm³/mol. The van der Waals surface area contributed by atoms with Gasteiger partial charge in [-0.25, -0.2) is 25.8 Å². The molecule has 13 heteroatoms. The number of pyridine rings is 1. The van der Waals surface area contributed by atoms with Crippen molar-refractivity contribution in [2.45, 2.75) is 6.54 Å². The van der Waals surface area contributed by atoms with Crippen LogP contribution in [0.15, 0.2) is 72.4 Å². The number of fused-ring (bicyclic) bond motifs is 1. The first-order chi connectivity index (χ1) is 17.6. The molecule has 36 heavy (non-hydrogen) atoms. The van der Waals surface area contributed by atoms with Gasteiger partial charge < -0.3 is 11.6 Å². The van der Waals surface area contributed by atoms with Gasteiger partial charge in [0.1, 0.15) is 12.0 Å². The SMILES string of the molecule is N#Cc1cccc(-c2nc(N)n3nc(CN(N)/C(=N\N)c4ccccn4)nc3c2-c2ccncn2)c1. The van der Waals surface area contributed by atoms with Gasteiger partial charge in [-0.15, -0.1) is 5.10 Å². The van der Waals surface area contributed by atoms with Crippen LogP contribution in [-0.4, -0.2) is 45.4 Å². The lowest BCUT2D eigenvalue weighted by Gasteiger charge is -2.17. The second-order valence-electron chi connectivity index (χ2n) is 7.54. The van der Waals surface area contributed by atoms with Gasteiger partial charge >= 0.3 is 0 Å². The van der Waals surface area contributed by atoms with Crippen molar-refractivity contribution in [2.24, 2.45) is 16.8 Å². The first kappa shape index (κ1) is 22.3. The van der Waals surface area contributed by atoms with E-state index in [0.717, 1.165) is 0 Å². The first-order valence-corrected chi connectivity index (χ1v) is 10.6. The van der Waals surface area contributed by atoms with Gasteiger partial charge in [0, 0.05) is 18.0 Å². The molecule has 1 aromatic carbocycles. The van der Waals surface area contributed by atoms with Crippen LogP contribution >= 0.6 is 0 Å². The third-order valence-corrected chi connectivity index (χ3v) is 5.26. The fourth-order valence-corrected chi connectivity index (χ4v) is 3.70. The van der Waals surface area contributed by atoms with Crippen LogP contribution in [0, 0.1) is 11.3 Å². The van der Waals surface area contributed by atoms with Crippen molar-refractivity contribution in [1.82, 2.24) is 39.5 Å². The molecule has 0 unspecified atom stereocenters. The molecule has 13 nitrogen and oxygen atoms in total. The maximum Gasteiger partial charge on any atom is 0.223 e. The molecule has 0 spiro atoms. The molecule has 0 aliphatic rings. The number of hydrogen-bond donors (Lipinski definition) is 3. The molecule has 0 saturated carbocycles. The van der Waals surface area contributed by atoms with Gasteiger partial charge in [-0.2, -0.15) is 14.9 Å². The average molecular weight is 477 g/mol. The predicted octanol–water partition coefficient (Wildman–Crippen LogP) is 1.09. The van der Waals surface area contributed by atoms with Gasteiger partial charge in [0.05, 0.1) is 35.1 Å². The summed E-state index contributed by atoms with van der Waals surface area (Å²) in [5, 5.41) is 18.9. The molecule has 0 bridgehead atoms. The van der Waals surface area contributed by atoms with Crippen LogP contribution in [-0.2, 0) is 6.54 Å². The van der Waals surface area contributed by atoms with Crippen molar-refractivity contribution < 1.29 is 0 Å². The number of hydrazine groups is 1. The quantitative estimate of drug-likeness (QED) is 0.142. The standard InChI is InChI=1S/C23H19N13/c24-11-14-4-3-5-15(10-14)20-19(16-7-9-28-13-30-16)22-31-18(34-36(22)23(25)32-20)12-35(27)21(33-26)17-6-1-2-8-29-17/h1-10,13H,12,26-27H2,(H2,25,32)/b33-21-.